The van der Waals surface area contributed by atoms with Crippen LogP contribution in [0, 0.1) is 0 Å². The van der Waals surface area contributed by atoms with Gasteiger partial charge < -0.3 is 41.0 Å². The molecule has 0 bridgehead atoms. The number of halogens is 6. The number of fused-ring (bicyclic) bond motifs is 4. The van der Waals surface area contributed by atoms with Crippen molar-refractivity contribution >= 4 is 78.7 Å². The third-order valence-corrected chi connectivity index (χ3v) is 10.9. The number of nitrogens with one attached hydrogen (secondary N) is 4. The third kappa shape index (κ3) is 16.2. The van der Waals surface area contributed by atoms with Crippen LogP contribution >= 0.6 is 0 Å². The van der Waals surface area contributed by atoms with Crippen molar-refractivity contribution in [2.24, 2.45) is 0 Å². The molecule has 0 aliphatic heterocycles. The molecule has 0 aliphatic rings. The van der Waals surface area contributed by atoms with E-state index in [9.17, 15) is 55.7 Å². The second-order valence-electron chi connectivity index (χ2n) is 16.3. The van der Waals surface area contributed by atoms with Crippen LogP contribution in [0.3, 0.4) is 0 Å². The summed E-state index contributed by atoms with van der Waals surface area (Å²) >= 11 is 0. The second-order valence-corrected chi connectivity index (χ2v) is 16.3. The summed E-state index contributed by atoms with van der Waals surface area (Å²) in [6.07, 6.45) is -5.96. The van der Waals surface area contributed by atoms with E-state index in [1.807, 2.05) is 24.3 Å². The molecule has 22 heteroatoms. The average molecular weight is 983 g/mol. The zero-order valence-corrected chi connectivity index (χ0v) is 37.8. The van der Waals surface area contributed by atoms with Gasteiger partial charge in [0.1, 0.15) is 11.5 Å². The Morgan fingerprint density at radius 1 is 0.486 bits per heavy atom. The smallest absolute Gasteiger partial charge is 0.480 e. The van der Waals surface area contributed by atoms with Crippen LogP contribution < -0.4 is 30.7 Å². The minimum Gasteiger partial charge on any atom is -0.480 e. The maximum Gasteiger partial charge on any atom is 0.573 e. The van der Waals surface area contributed by atoms with Crippen molar-refractivity contribution in [2.45, 2.75) is 51.2 Å². The van der Waals surface area contributed by atoms with Crippen LogP contribution in [0.5, 0.6) is 11.5 Å². The van der Waals surface area contributed by atoms with Gasteiger partial charge in [0.25, 0.3) is 0 Å². The van der Waals surface area contributed by atoms with E-state index in [-0.39, 0.29) is 50.8 Å². The molecular formula is C48H52F6N8O8. The number of benzene rings is 4. The number of para-hydroxylation sites is 2. The van der Waals surface area contributed by atoms with E-state index in [0.717, 1.165) is 10.8 Å². The number of aromatic nitrogens is 2. The zero-order valence-electron chi connectivity index (χ0n) is 37.8. The number of carbonyl (C=O) groups excluding carboxylic acids is 2. The van der Waals surface area contributed by atoms with Gasteiger partial charge in [-0.2, -0.15) is 0 Å². The largest absolute Gasteiger partial charge is 0.573 e. The van der Waals surface area contributed by atoms with Crippen LogP contribution in [-0.2, 0) is 19.2 Å². The molecule has 6 N–H and O–H groups in total. The van der Waals surface area contributed by atoms with Gasteiger partial charge in [-0.3, -0.25) is 29.0 Å². The molecule has 0 atom stereocenters. The van der Waals surface area contributed by atoms with Gasteiger partial charge in [0.2, 0.25) is 11.8 Å². The van der Waals surface area contributed by atoms with Gasteiger partial charge in [-0.1, -0.05) is 36.4 Å². The highest BCUT2D eigenvalue weighted by Crippen LogP contribution is 2.36. The van der Waals surface area contributed by atoms with Crippen molar-refractivity contribution in [3.8, 4) is 11.5 Å². The normalized spacial score (nSPS) is 11.9. The van der Waals surface area contributed by atoms with Crippen molar-refractivity contribution in [3.63, 3.8) is 0 Å². The first kappa shape index (κ1) is 52.2. The Kier molecular flexibility index (Phi) is 18.2. The predicted octanol–water partition coefficient (Wildman–Crippen LogP) is 7.76. The SMILES string of the molecule is O=C(O)CN(CCN(CC(=O)O)CC(=O)NCCCCCNc1c2ccccc2nc2ccc(OC(F)(F)F)cc12)CC(=O)NCCCCCNc1c2ccccc2nc2ccc(OC(F)(F)F)cc12. The van der Waals surface area contributed by atoms with Crippen molar-refractivity contribution < 1.29 is 65.2 Å². The number of carboxylic acid groups (broad SMARTS) is 2. The lowest BCUT2D eigenvalue weighted by atomic mass is 10.1. The zero-order chi connectivity index (χ0) is 50.3. The van der Waals surface area contributed by atoms with E-state index in [2.05, 4.69) is 40.7 Å². The number of unbranched alkanes of at least 4 members (excludes halogenated alkanes) is 4. The Bertz CT molecular complexity index is 2590. The van der Waals surface area contributed by atoms with Gasteiger partial charge in [-0.15, -0.1) is 26.3 Å². The van der Waals surface area contributed by atoms with Crippen LogP contribution in [0.2, 0.25) is 0 Å². The van der Waals surface area contributed by atoms with Crippen LogP contribution in [0.1, 0.15) is 38.5 Å². The van der Waals surface area contributed by atoms with E-state index >= 15 is 0 Å². The fraction of sp³-hybridized carbons (Fsp3) is 0.375. The van der Waals surface area contributed by atoms with Crippen LogP contribution in [0.4, 0.5) is 37.7 Å². The number of nitrogens with zero attached hydrogens (tertiary/aromatic N) is 4. The van der Waals surface area contributed by atoms with Gasteiger partial charge in [0, 0.05) is 60.8 Å². The number of alkyl halides is 6. The molecule has 2 heterocycles. The van der Waals surface area contributed by atoms with E-state index < -0.39 is 49.6 Å². The second kappa shape index (κ2) is 24.4. The molecule has 70 heavy (non-hydrogen) atoms. The highest BCUT2D eigenvalue weighted by atomic mass is 19.4. The lowest BCUT2D eigenvalue weighted by Gasteiger charge is -2.25. The first-order chi connectivity index (χ1) is 33.4. The molecule has 0 unspecified atom stereocenters. The Labute approximate surface area is 397 Å². The van der Waals surface area contributed by atoms with Crippen molar-refractivity contribution in [1.82, 2.24) is 30.4 Å². The minimum absolute atomic E-state index is 0.0279. The summed E-state index contributed by atoms with van der Waals surface area (Å²) in [5.41, 5.74) is 3.51. The maximum atomic E-state index is 13.0. The average Bonchev–Trinajstić information content (AvgIpc) is 3.28. The molecule has 0 saturated heterocycles. The first-order valence-corrected chi connectivity index (χ1v) is 22.5. The number of pyridine rings is 2. The molecule has 6 aromatic rings. The molecule has 4 aromatic carbocycles. The van der Waals surface area contributed by atoms with Crippen LogP contribution in [-0.4, -0.2) is 132 Å². The number of ether oxygens (including phenoxy) is 2. The molecule has 0 radical (unpaired) electrons. The molecule has 2 amide bonds. The minimum atomic E-state index is -4.86. The Morgan fingerprint density at radius 3 is 1.24 bits per heavy atom. The topological polar surface area (TPSA) is 208 Å². The molecule has 0 fully saturated rings. The standard InChI is InChI=1S/C48H52F6N8O8/c49-47(50,51)69-31-15-17-39-35(25-31)45(33-11-3-5-13-37(33)59-39)57-21-9-1-7-19-55-41(63)27-61(29-43(65)66)23-24-62(30-44(67)68)28-42(64)56-20-8-2-10-22-58-46-34-12-4-6-14-38(34)60-40-18-16-32(26-36(40)46)70-48(52,53)54/h3-6,11-18,25-26H,1-2,7-10,19-24,27-30H2,(H,55,63)(H,56,64)(H,57,59)(H,58,60)(H,65,66)(H,67,68). The van der Waals surface area contributed by atoms with Crippen LogP contribution in [0.25, 0.3) is 43.6 Å². The monoisotopic (exact) mass is 982 g/mol. The van der Waals surface area contributed by atoms with Crippen molar-refractivity contribution in [2.75, 3.05) is 76.1 Å². The number of amides is 2. The first-order valence-electron chi connectivity index (χ1n) is 22.5. The molecule has 2 aromatic heterocycles. The quantitative estimate of drug-likeness (QED) is 0.0166. The highest BCUT2D eigenvalue weighted by molar-refractivity contribution is 6.09. The van der Waals surface area contributed by atoms with Crippen molar-refractivity contribution in [1.29, 1.82) is 0 Å². The summed E-state index contributed by atoms with van der Waals surface area (Å²) in [6.45, 7) is -0.177. The fourth-order valence-corrected chi connectivity index (χ4v) is 7.86. The third-order valence-electron chi connectivity index (χ3n) is 10.9. The molecular weight excluding hydrogens is 931 g/mol. The lowest BCUT2D eigenvalue weighted by molar-refractivity contribution is -0.275. The number of carbonyl (C=O) groups is 4. The summed E-state index contributed by atoms with van der Waals surface area (Å²) in [7, 11) is 0. The molecule has 6 rings (SSSR count). The number of anilines is 2. The van der Waals surface area contributed by atoms with Gasteiger partial charge in [-0.05, 0) is 87.1 Å². The van der Waals surface area contributed by atoms with E-state index in [4.69, 9.17) is 0 Å². The molecule has 0 spiro atoms. The summed E-state index contributed by atoms with van der Waals surface area (Å²) in [4.78, 5) is 60.8. The lowest BCUT2D eigenvalue weighted by Crippen LogP contribution is -2.46. The predicted molar refractivity (Wildman–Crippen MR) is 251 cm³/mol. The summed E-state index contributed by atoms with van der Waals surface area (Å²) in [6, 6.07) is 22.4. The number of hydrogen-bond donors (Lipinski definition) is 6. The summed E-state index contributed by atoms with van der Waals surface area (Å²) in [5.74, 6) is -4.05. The van der Waals surface area contributed by atoms with Gasteiger partial charge >= 0.3 is 24.7 Å². The van der Waals surface area contributed by atoms with Gasteiger partial charge in [0.05, 0.1) is 59.6 Å². The van der Waals surface area contributed by atoms with E-state index in [1.165, 1.54) is 46.2 Å². The molecule has 16 nitrogen and oxygen atoms in total. The number of rotatable bonds is 27. The summed E-state index contributed by atoms with van der Waals surface area (Å²) < 4.78 is 86.0. The fourth-order valence-electron chi connectivity index (χ4n) is 7.86. The molecule has 0 aliphatic carbocycles. The summed E-state index contributed by atoms with van der Waals surface area (Å²) in [5, 5.41) is 33.6. The number of aliphatic carboxylic acids is 2. The Morgan fingerprint density at radius 2 is 0.857 bits per heavy atom. The van der Waals surface area contributed by atoms with Gasteiger partial charge in [0.15, 0.2) is 0 Å². The molecule has 0 saturated carbocycles. The molecule has 374 valence electrons. The Hall–Kier alpha value is -7.20. The number of carboxylic acids is 2. The van der Waals surface area contributed by atoms with E-state index in [0.29, 0.717) is 95.8 Å². The maximum absolute atomic E-state index is 13.0. The van der Waals surface area contributed by atoms with Crippen LogP contribution in [0.15, 0.2) is 84.9 Å². The number of hydrogen-bond acceptors (Lipinski definition) is 12. The van der Waals surface area contributed by atoms with Crippen molar-refractivity contribution in [3.05, 3.63) is 84.9 Å². The Balaban J connectivity index is 0.903. The highest BCUT2D eigenvalue weighted by Gasteiger charge is 2.32. The van der Waals surface area contributed by atoms with E-state index in [1.54, 1.807) is 24.3 Å². The van der Waals surface area contributed by atoms with Gasteiger partial charge in [-0.25, -0.2) is 9.97 Å².